The summed E-state index contributed by atoms with van der Waals surface area (Å²) in [6.07, 6.45) is 3.45. The molecule has 17 heavy (non-hydrogen) atoms. The second-order valence-corrected chi connectivity index (χ2v) is 3.68. The number of carboxylic acid groups (broad SMARTS) is 1. The van der Waals surface area contributed by atoms with Gasteiger partial charge in [-0.05, 0) is 18.8 Å². The number of hydrogen-bond donors (Lipinski definition) is 2. The molecule has 1 heterocycles. The fraction of sp³-hybridized carbons (Fsp3) is 0.583. The average molecular weight is 241 g/mol. The molecule has 0 fully saturated rings. The molecule has 1 aliphatic rings. The topological polar surface area (TPSA) is 83.5 Å². The van der Waals surface area contributed by atoms with E-state index in [0.29, 0.717) is 5.57 Å². The summed E-state index contributed by atoms with van der Waals surface area (Å²) in [4.78, 5) is 31.3. The van der Waals surface area contributed by atoms with Crippen LogP contribution in [-0.4, -0.2) is 22.9 Å². The molecule has 0 radical (unpaired) electrons. The van der Waals surface area contributed by atoms with Gasteiger partial charge in [0, 0.05) is 18.1 Å². The average Bonchev–Trinajstić information content (AvgIpc) is 2.61. The van der Waals surface area contributed by atoms with Gasteiger partial charge >= 0.3 is 5.97 Å². The summed E-state index contributed by atoms with van der Waals surface area (Å²) in [7, 11) is 0. The van der Waals surface area contributed by atoms with Crippen LogP contribution in [0.5, 0.6) is 0 Å². The highest BCUT2D eigenvalue weighted by molar-refractivity contribution is 6.16. The van der Waals surface area contributed by atoms with Crippen molar-refractivity contribution in [3.63, 3.8) is 0 Å². The molecule has 96 valence electrons. The zero-order chi connectivity index (χ0) is 13.4. The molecule has 0 bridgehead atoms. The maximum absolute atomic E-state index is 11.1. The van der Waals surface area contributed by atoms with Crippen LogP contribution < -0.4 is 5.32 Å². The van der Waals surface area contributed by atoms with E-state index in [1.165, 1.54) is 6.08 Å². The number of nitrogens with one attached hydrogen (secondary N) is 1. The Morgan fingerprint density at radius 2 is 1.76 bits per heavy atom. The molecule has 5 heteroatoms. The van der Waals surface area contributed by atoms with Crippen LogP contribution in [0, 0.1) is 5.92 Å². The standard InChI is InChI=1S/C9H13NO2.C3H6O2/c1-3-6(4-2)7-5-8(11)10-9(7)12;1-2-3(4)5/h5-6H,3-4H2,1-2H3,(H,10,11,12);2H2,1H3,(H,4,5). The van der Waals surface area contributed by atoms with Gasteiger partial charge in [-0.2, -0.15) is 0 Å². The highest BCUT2D eigenvalue weighted by Gasteiger charge is 2.25. The van der Waals surface area contributed by atoms with Gasteiger partial charge in [-0.1, -0.05) is 20.8 Å². The van der Waals surface area contributed by atoms with E-state index in [9.17, 15) is 14.4 Å². The van der Waals surface area contributed by atoms with Crippen LogP contribution >= 0.6 is 0 Å². The van der Waals surface area contributed by atoms with Crippen LogP contribution in [0.1, 0.15) is 40.0 Å². The fourth-order valence-corrected chi connectivity index (χ4v) is 1.46. The lowest BCUT2D eigenvalue weighted by atomic mass is 9.94. The molecule has 0 aromatic heterocycles. The fourth-order valence-electron chi connectivity index (χ4n) is 1.46. The molecule has 5 nitrogen and oxygen atoms in total. The molecule has 0 spiro atoms. The van der Waals surface area contributed by atoms with Crippen LogP contribution in [0.25, 0.3) is 0 Å². The molecular weight excluding hydrogens is 222 g/mol. The van der Waals surface area contributed by atoms with Gasteiger partial charge in [0.2, 0.25) is 0 Å². The molecule has 0 aromatic carbocycles. The molecule has 1 aliphatic heterocycles. The number of aliphatic carboxylic acids is 1. The zero-order valence-corrected chi connectivity index (χ0v) is 10.4. The molecule has 1 rings (SSSR count). The van der Waals surface area contributed by atoms with Crippen LogP contribution in [0.4, 0.5) is 0 Å². The monoisotopic (exact) mass is 241 g/mol. The van der Waals surface area contributed by atoms with E-state index < -0.39 is 5.97 Å². The maximum atomic E-state index is 11.1. The number of carbonyl (C=O) groups excluding carboxylic acids is 2. The highest BCUT2D eigenvalue weighted by atomic mass is 16.4. The minimum absolute atomic E-state index is 0.214. The highest BCUT2D eigenvalue weighted by Crippen LogP contribution is 2.21. The Balaban J connectivity index is 0.000000437. The number of rotatable bonds is 4. The van der Waals surface area contributed by atoms with Gasteiger partial charge in [0.25, 0.3) is 11.8 Å². The predicted octanol–water partition coefficient (Wildman–Crippen LogP) is 1.49. The first-order chi connectivity index (χ1) is 7.96. The van der Waals surface area contributed by atoms with Crippen molar-refractivity contribution in [1.29, 1.82) is 0 Å². The van der Waals surface area contributed by atoms with E-state index in [4.69, 9.17) is 5.11 Å². The van der Waals surface area contributed by atoms with Gasteiger partial charge < -0.3 is 5.11 Å². The summed E-state index contributed by atoms with van der Waals surface area (Å²) >= 11 is 0. The predicted molar refractivity (Wildman–Crippen MR) is 63.2 cm³/mol. The molecular formula is C12H19NO4. The third-order valence-electron chi connectivity index (χ3n) is 2.51. The lowest BCUT2D eigenvalue weighted by molar-refractivity contribution is -0.136. The lowest BCUT2D eigenvalue weighted by Gasteiger charge is -2.10. The minimum atomic E-state index is -0.745. The van der Waals surface area contributed by atoms with Crippen molar-refractivity contribution in [2.24, 2.45) is 5.92 Å². The molecule has 0 saturated carbocycles. The quantitative estimate of drug-likeness (QED) is 0.730. The molecule has 0 aliphatic carbocycles. The van der Waals surface area contributed by atoms with E-state index in [0.717, 1.165) is 12.8 Å². The summed E-state index contributed by atoms with van der Waals surface area (Å²) in [5.74, 6) is -1.00. The third-order valence-corrected chi connectivity index (χ3v) is 2.51. The molecule has 0 unspecified atom stereocenters. The van der Waals surface area contributed by atoms with Gasteiger partial charge in [-0.15, -0.1) is 0 Å². The number of imide groups is 1. The Bertz CT molecular complexity index is 329. The van der Waals surface area contributed by atoms with Crippen molar-refractivity contribution >= 4 is 17.8 Å². The normalized spacial score (nSPS) is 14.0. The van der Waals surface area contributed by atoms with Gasteiger partial charge in [-0.3, -0.25) is 19.7 Å². The van der Waals surface area contributed by atoms with Gasteiger partial charge in [0.15, 0.2) is 0 Å². The van der Waals surface area contributed by atoms with Crippen molar-refractivity contribution in [2.75, 3.05) is 0 Å². The first-order valence-electron chi connectivity index (χ1n) is 5.74. The second-order valence-electron chi connectivity index (χ2n) is 3.68. The van der Waals surface area contributed by atoms with Crippen molar-refractivity contribution in [3.8, 4) is 0 Å². The van der Waals surface area contributed by atoms with Crippen LogP contribution in [-0.2, 0) is 14.4 Å². The molecule has 0 atom stereocenters. The molecule has 2 N–H and O–H groups in total. The Morgan fingerprint density at radius 3 is 2.00 bits per heavy atom. The summed E-state index contributed by atoms with van der Waals surface area (Å²) in [6.45, 7) is 5.64. The van der Waals surface area contributed by atoms with E-state index in [-0.39, 0.29) is 24.2 Å². The van der Waals surface area contributed by atoms with Crippen LogP contribution in [0.2, 0.25) is 0 Å². The number of hydrogen-bond acceptors (Lipinski definition) is 3. The van der Waals surface area contributed by atoms with E-state index in [2.05, 4.69) is 5.32 Å². The van der Waals surface area contributed by atoms with Crippen LogP contribution in [0.3, 0.4) is 0 Å². The number of carbonyl (C=O) groups is 3. The van der Waals surface area contributed by atoms with E-state index in [1.54, 1.807) is 6.92 Å². The summed E-state index contributed by atoms with van der Waals surface area (Å²) in [5.41, 5.74) is 0.644. The largest absolute Gasteiger partial charge is 0.481 e. The first-order valence-corrected chi connectivity index (χ1v) is 5.74. The van der Waals surface area contributed by atoms with Gasteiger partial charge in [0.05, 0.1) is 0 Å². The SMILES string of the molecule is CCC(=O)O.CCC(CC)C1=CC(=O)NC1=O. The van der Waals surface area contributed by atoms with Gasteiger partial charge in [0.1, 0.15) is 0 Å². The third kappa shape index (κ3) is 5.29. The molecule has 0 aromatic rings. The zero-order valence-electron chi connectivity index (χ0n) is 10.4. The van der Waals surface area contributed by atoms with E-state index >= 15 is 0 Å². The van der Waals surface area contributed by atoms with Crippen LogP contribution in [0.15, 0.2) is 11.6 Å². The summed E-state index contributed by atoms with van der Waals surface area (Å²) < 4.78 is 0. The number of carboxylic acids is 1. The molecule has 2 amide bonds. The smallest absolute Gasteiger partial charge is 0.303 e. The minimum Gasteiger partial charge on any atom is -0.481 e. The Morgan fingerprint density at radius 1 is 1.29 bits per heavy atom. The Labute approximate surface area is 101 Å². The summed E-state index contributed by atoms with van der Waals surface area (Å²) in [5, 5.41) is 9.97. The molecule has 0 saturated heterocycles. The van der Waals surface area contributed by atoms with Gasteiger partial charge in [-0.25, -0.2) is 0 Å². The summed E-state index contributed by atoms with van der Waals surface area (Å²) in [6, 6.07) is 0. The Hall–Kier alpha value is -1.65. The second kappa shape index (κ2) is 7.60. The van der Waals surface area contributed by atoms with Crippen molar-refractivity contribution in [3.05, 3.63) is 11.6 Å². The first kappa shape index (κ1) is 15.3. The Kier molecular flexibility index (Phi) is 6.86. The van der Waals surface area contributed by atoms with Crippen molar-refractivity contribution < 1.29 is 19.5 Å². The van der Waals surface area contributed by atoms with Crippen molar-refractivity contribution in [1.82, 2.24) is 5.32 Å². The lowest BCUT2D eigenvalue weighted by Crippen LogP contribution is -2.24. The van der Waals surface area contributed by atoms with Crippen molar-refractivity contribution in [2.45, 2.75) is 40.0 Å². The number of amides is 2. The van der Waals surface area contributed by atoms with E-state index in [1.807, 2.05) is 13.8 Å². The maximum Gasteiger partial charge on any atom is 0.303 e.